The average molecular weight is 353 g/mol. The second-order valence-electron chi connectivity index (χ2n) is 6.22. The standard InChI is InChI=1S/C17H25BrN2O/c1-13-8-9-16(18)15(12-13)17(21)20(11-10-19(2)3)14-6-4-5-7-14/h8-9,12,14H,4-7,10-11H2,1-3H3. The molecule has 1 aliphatic carbocycles. The maximum atomic E-state index is 13.0. The number of nitrogens with zero attached hydrogens (tertiary/aromatic N) is 2. The molecule has 1 saturated carbocycles. The predicted octanol–water partition coefficient (Wildman–Crippen LogP) is 3.70. The van der Waals surface area contributed by atoms with Gasteiger partial charge in [-0.2, -0.15) is 0 Å². The minimum Gasteiger partial charge on any atom is -0.334 e. The van der Waals surface area contributed by atoms with E-state index in [-0.39, 0.29) is 5.91 Å². The van der Waals surface area contributed by atoms with Gasteiger partial charge in [-0.05, 0) is 61.9 Å². The average Bonchev–Trinajstić information content (AvgIpc) is 2.95. The molecule has 0 aromatic heterocycles. The fourth-order valence-corrected chi connectivity index (χ4v) is 3.35. The molecule has 1 amide bonds. The molecule has 0 N–H and O–H groups in total. The molecule has 21 heavy (non-hydrogen) atoms. The Balaban J connectivity index is 2.21. The van der Waals surface area contributed by atoms with Gasteiger partial charge in [0.25, 0.3) is 5.91 Å². The van der Waals surface area contributed by atoms with E-state index in [1.54, 1.807) is 0 Å². The van der Waals surface area contributed by atoms with Crippen molar-refractivity contribution in [2.24, 2.45) is 0 Å². The summed E-state index contributed by atoms with van der Waals surface area (Å²) >= 11 is 3.53. The summed E-state index contributed by atoms with van der Waals surface area (Å²) in [5.41, 5.74) is 1.92. The van der Waals surface area contributed by atoms with Crippen molar-refractivity contribution >= 4 is 21.8 Å². The molecule has 2 rings (SSSR count). The first kappa shape index (κ1) is 16.5. The van der Waals surface area contributed by atoms with Crippen molar-refractivity contribution in [3.63, 3.8) is 0 Å². The van der Waals surface area contributed by atoms with Gasteiger partial charge in [0.05, 0.1) is 5.56 Å². The molecule has 3 nitrogen and oxygen atoms in total. The molecule has 0 bridgehead atoms. The smallest absolute Gasteiger partial charge is 0.255 e. The number of carbonyl (C=O) groups excluding carboxylic acids is 1. The zero-order valence-electron chi connectivity index (χ0n) is 13.2. The van der Waals surface area contributed by atoms with E-state index in [4.69, 9.17) is 0 Å². The highest BCUT2D eigenvalue weighted by Gasteiger charge is 2.28. The third-order valence-electron chi connectivity index (χ3n) is 4.17. The van der Waals surface area contributed by atoms with Crippen LogP contribution in [0.25, 0.3) is 0 Å². The largest absolute Gasteiger partial charge is 0.334 e. The van der Waals surface area contributed by atoms with Gasteiger partial charge < -0.3 is 9.80 Å². The van der Waals surface area contributed by atoms with Gasteiger partial charge in [-0.25, -0.2) is 0 Å². The van der Waals surface area contributed by atoms with E-state index in [0.717, 1.165) is 41.5 Å². The molecule has 0 saturated heterocycles. The number of amides is 1. The van der Waals surface area contributed by atoms with E-state index in [0.29, 0.717) is 6.04 Å². The summed E-state index contributed by atoms with van der Waals surface area (Å²) in [7, 11) is 4.11. The van der Waals surface area contributed by atoms with Crippen molar-refractivity contribution in [3.05, 3.63) is 33.8 Å². The van der Waals surface area contributed by atoms with Gasteiger partial charge in [-0.1, -0.05) is 24.5 Å². The molecule has 0 unspecified atom stereocenters. The van der Waals surface area contributed by atoms with Crippen molar-refractivity contribution in [2.45, 2.75) is 38.6 Å². The first-order chi connectivity index (χ1) is 9.99. The number of hydrogen-bond acceptors (Lipinski definition) is 2. The second-order valence-corrected chi connectivity index (χ2v) is 7.08. The van der Waals surface area contributed by atoms with Gasteiger partial charge in [0.15, 0.2) is 0 Å². The Bertz CT molecular complexity index is 496. The zero-order valence-corrected chi connectivity index (χ0v) is 14.8. The van der Waals surface area contributed by atoms with Crippen molar-refractivity contribution in [2.75, 3.05) is 27.2 Å². The van der Waals surface area contributed by atoms with Crippen molar-refractivity contribution < 1.29 is 4.79 Å². The highest BCUT2D eigenvalue weighted by atomic mass is 79.9. The molecule has 1 fully saturated rings. The Morgan fingerprint density at radius 2 is 1.90 bits per heavy atom. The Morgan fingerprint density at radius 1 is 1.24 bits per heavy atom. The van der Waals surface area contributed by atoms with E-state index >= 15 is 0 Å². The van der Waals surface area contributed by atoms with E-state index in [2.05, 4.69) is 39.8 Å². The first-order valence-electron chi connectivity index (χ1n) is 7.71. The van der Waals surface area contributed by atoms with Gasteiger partial charge in [0.1, 0.15) is 0 Å². The summed E-state index contributed by atoms with van der Waals surface area (Å²) in [4.78, 5) is 17.2. The van der Waals surface area contributed by atoms with Gasteiger partial charge in [-0.3, -0.25) is 4.79 Å². The number of carbonyl (C=O) groups is 1. The Labute approximate surface area is 136 Å². The van der Waals surface area contributed by atoms with Crippen LogP contribution in [0.2, 0.25) is 0 Å². The number of aryl methyl sites for hydroxylation is 1. The molecule has 1 aliphatic rings. The quantitative estimate of drug-likeness (QED) is 0.806. The molecule has 0 atom stereocenters. The second kappa shape index (κ2) is 7.41. The van der Waals surface area contributed by atoms with Crippen LogP contribution in [-0.4, -0.2) is 48.9 Å². The van der Waals surface area contributed by atoms with Crippen molar-refractivity contribution in [1.82, 2.24) is 9.80 Å². The lowest BCUT2D eigenvalue weighted by atomic mass is 10.1. The van der Waals surface area contributed by atoms with Gasteiger partial charge in [-0.15, -0.1) is 0 Å². The number of benzene rings is 1. The molecule has 0 aliphatic heterocycles. The molecule has 0 spiro atoms. The van der Waals surface area contributed by atoms with Crippen molar-refractivity contribution in [1.29, 1.82) is 0 Å². The van der Waals surface area contributed by atoms with E-state index in [1.807, 2.05) is 25.1 Å². The van der Waals surface area contributed by atoms with Crippen LogP contribution in [0, 0.1) is 6.92 Å². The molecule has 116 valence electrons. The minimum absolute atomic E-state index is 0.166. The SMILES string of the molecule is Cc1ccc(Br)c(C(=O)N(CCN(C)C)C2CCCC2)c1. The van der Waals surface area contributed by atoms with Crippen molar-refractivity contribution in [3.8, 4) is 0 Å². The van der Waals surface area contributed by atoms with E-state index in [1.165, 1.54) is 12.8 Å². The van der Waals surface area contributed by atoms with Crippen LogP contribution in [-0.2, 0) is 0 Å². The summed E-state index contributed by atoms with van der Waals surface area (Å²) in [6.07, 6.45) is 4.77. The summed E-state index contributed by atoms with van der Waals surface area (Å²) in [6.45, 7) is 3.74. The van der Waals surface area contributed by atoms with E-state index in [9.17, 15) is 4.79 Å². The normalized spacial score (nSPS) is 15.7. The van der Waals surface area contributed by atoms with Crippen LogP contribution in [0.15, 0.2) is 22.7 Å². The summed E-state index contributed by atoms with van der Waals surface area (Å²) < 4.78 is 0.894. The number of hydrogen-bond donors (Lipinski definition) is 0. The summed E-state index contributed by atoms with van der Waals surface area (Å²) in [6, 6.07) is 6.40. The molecule has 0 heterocycles. The van der Waals surface area contributed by atoms with Crippen LogP contribution < -0.4 is 0 Å². The molecule has 4 heteroatoms. The number of likely N-dealkylation sites (N-methyl/N-ethyl adjacent to an activating group) is 1. The maximum absolute atomic E-state index is 13.0. The fraction of sp³-hybridized carbons (Fsp3) is 0.588. The van der Waals surface area contributed by atoms with Crippen LogP contribution in [0.5, 0.6) is 0 Å². The Morgan fingerprint density at radius 3 is 2.52 bits per heavy atom. The van der Waals surface area contributed by atoms with E-state index < -0.39 is 0 Å². The third-order valence-corrected chi connectivity index (χ3v) is 4.86. The van der Waals surface area contributed by atoms with Crippen LogP contribution in [0.1, 0.15) is 41.6 Å². The lowest BCUT2D eigenvalue weighted by Crippen LogP contribution is -2.42. The third kappa shape index (κ3) is 4.30. The van der Waals surface area contributed by atoms with Crippen LogP contribution in [0.4, 0.5) is 0 Å². The molecular weight excluding hydrogens is 328 g/mol. The highest BCUT2D eigenvalue weighted by Crippen LogP contribution is 2.27. The molecule has 1 aromatic rings. The summed E-state index contributed by atoms with van der Waals surface area (Å²) in [5.74, 6) is 0.166. The minimum atomic E-state index is 0.166. The van der Waals surface area contributed by atoms with Crippen LogP contribution >= 0.6 is 15.9 Å². The number of halogens is 1. The number of rotatable bonds is 5. The monoisotopic (exact) mass is 352 g/mol. The van der Waals surface area contributed by atoms with Gasteiger partial charge >= 0.3 is 0 Å². The lowest BCUT2D eigenvalue weighted by Gasteiger charge is -2.30. The topological polar surface area (TPSA) is 23.6 Å². The Hall–Kier alpha value is -0.870. The fourth-order valence-electron chi connectivity index (χ4n) is 2.93. The van der Waals surface area contributed by atoms with Gasteiger partial charge in [0, 0.05) is 23.6 Å². The zero-order chi connectivity index (χ0) is 15.4. The maximum Gasteiger partial charge on any atom is 0.255 e. The summed E-state index contributed by atoms with van der Waals surface area (Å²) in [5, 5.41) is 0. The predicted molar refractivity (Wildman–Crippen MR) is 90.7 cm³/mol. The Kier molecular flexibility index (Phi) is 5.82. The molecule has 0 radical (unpaired) electrons. The molecular formula is C17H25BrN2O. The van der Waals surface area contributed by atoms with Crippen LogP contribution in [0.3, 0.4) is 0 Å². The van der Waals surface area contributed by atoms with Gasteiger partial charge in [0.2, 0.25) is 0 Å². The lowest BCUT2D eigenvalue weighted by molar-refractivity contribution is 0.0666. The highest BCUT2D eigenvalue weighted by molar-refractivity contribution is 9.10. The molecule has 1 aromatic carbocycles. The first-order valence-corrected chi connectivity index (χ1v) is 8.50.